The highest BCUT2D eigenvalue weighted by molar-refractivity contribution is 5.86. The molecule has 146 valence electrons. The molecule has 0 atom stereocenters. The molecule has 0 spiro atoms. The van der Waals surface area contributed by atoms with Gasteiger partial charge in [0.15, 0.2) is 11.5 Å². The van der Waals surface area contributed by atoms with Crippen LogP contribution in [0.25, 0.3) is 11.2 Å². The fourth-order valence-electron chi connectivity index (χ4n) is 2.91. The zero-order valence-electron chi connectivity index (χ0n) is 15.8. The summed E-state index contributed by atoms with van der Waals surface area (Å²) in [4.78, 5) is 20.4. The largest absolute Gasteiger partial charge is 0.457 e. The van der Waals surface area contributed by atoms with E-state index in [1.165, 1.54) is 0 Å². The summed E-state index contributed by atoms with van der Waals surface area (Å²) in [5, 5.41) is 6.49. The normalized spacial score (nSPS) is 10.7. The van der Waals surface area contributed by atoms with Crippen LogP contribution in [0.2, 0.25) is 0 Å². The number of hydrogen-bond acceptors (Lipinski definition) is 7. The molecule has 0 bridgehead atoms. The Morgan fingerprint density at radius 2 is 1.47 bits per heavy atom. The molecule has 3 heterocycles. The van der Waals surface area contributed by atoms with Gasteiger partial charge >= 0.3 is 0 Å². The minimum absolute atomic E-state index is 0.437. The predicted molar refractivity (Wildman–Crippen MR) is 115 cm³/mol. The van der Waals surface area contributed by atoms with Crippen LogP contribution < -0.4 is 15.4 Å². The zero-order chi connectivity index (χ0) is 20.2. The Labute approximate surface area is 172 Å². The third-order valence-electron chi connectivity index (χ3n) is 4.32. The van der Waals surface area contributed by atoms with E-state index in [9.17, 15) is 0 Å². The maximum Gasteiger partial charge on any atom is 0.231 e. The van der Waals surface area contributed by atoms with Gasteiger partial charge in [-0.15, -0.1) is 0 Å². The molecule has 8 heteroatoms. The van der Waals surface area contributed by atoms with Crippen molar-refractivity contribution in [2.45, 2.75) is 0 Å². The Balaban J connectivity index is 1.38. The Morgan fingerprint density at radius 1 is 0.733 bits per heavy atom. The number of aromatic nitrogens is 5. The van der Waals surface area contributed by atoms with E-state index in [1.54, 1.807) is 18.7 Å². The van der Waals surface area contributed by atoms with Crippen molar-refractivity contribution in [1.29, 1.82) is 0 Å². The molecule has 0 saturated carbocycles. The van der Waals surface area contributed by atoms with E-state index in [0.29, 0.717) is 17.4 Å². The highest BCUT2D eigenvalue weighted by Crippen LogP contribution is 2.27. The molecule has 0 fully saturated rings. The lowest BCUT2D eigenvalue weighted by Crippen LogP contribution is -2.02. The van der Waals surface area contributed by atoms with E-state index in [2.05, 4.69) is 35.6 Å². The van der Waals surface area contributed by atoms with Crippen LogP contribution in [0.5, 0.6) is 11.5 Å². The van der Waals surface area contributed by atoms with Crippen molar-refractivity contribution in [3.8, 4) is 11.5 Å². The Morgan fingerprint density at radius 3 is 2.27 bits per heavy atom. The number of anilines is 4. The van der Waals surface area contributed by atoms with Gasteiger partial charge in [-0.1, -0.05) is 18.2 Å². The third kappa shape index (κ3) is 3.88. The van der Waals surface area contributed by atoms with Gasteiger partial charge in [-0.05, 0) is 48.5 Å². The van der Waals surface area contributed by atoms with Crippen molar-refractivity contribution in [3.63, 3.8) is 0 Å². The number of nitrogens with one attached hydrogen (secondary N) is 3. The van der Waals surface area contributed by atoms with Crippen LogP contribution in [0.15, 0.2) is 85.5 Å². The summed E-state index contributed by atoms with van der Waals surface area (Å²) in [5.41, 5.74) is 2.99. The van der Waals surface area contributed by atoms with E-state index in [-0.39, 0.29) is 0 Å². The van der Waals surface area contributed by atoms with Crippen molar-refractivity contribution < 1.29 is 4.74 Å². The van der Waals surface area contributed by atoms with Crippen LogP contribution in [-0.4, -0.2) is 24.9 Å². The van der Waals surface area contributed by atoms with E-state index in [4.69, 9.17) is 4.74 Å². The first kappa shape index (κ1) is 17.6. The molecule has 3 aromatic heterocycles. The summed E-state index contributed by atoms with van der Waals surface area (Å²) in [6.07, 6.45) is 5.00. The van der Waals surface area contributed by atoms with Crippen LogP contribution in [-0.2, 0) is 0 Å². The lowest BCUT2D eigenvalue weighted by atomic mass is 10.3. The molecule has 0 unspecified atom stereocenters. The molecule has 0 aliphatic rings. The van der Waals surface area contributed by atoms with Crippen molar-refractivity contribution in [1.82, 2.24) is 24.9 Å². The number of fused-ring (bicyclic) bond motifs is 1. The van der Waals surface area contributed by atoms with Gasteiger partial charge in [-0.25, -0.2) is 4.98 Å². The second-order valence-electron chi connectivity index (χ2n) is 6.42. The number of imidazole rings is 1. The highest BCUT2D eigenvalue weighted by atomic mass is 16.5. The fourth-order valence-corrected chi connectivity index (χ4v) is 2.91. The van der Waals surface area contributed by atoms with Gasteiger partial charge in [0.1, 0.15) is 17.0 Å². The molecule has 0 aliphatic heterocycles. The van der Waals surface area contributed by atoms with Gasteiger partial charge in [0, 0.05) is 23.8 Å². The fraction of sp³-hybridized carbons (Fsp3) is 0. The van der Waals surface area contributed by atoms with Crippen LogP contribution >= 0.6 is 0 Å². The zero-order valence-corrected chi connectivity index (χ0v) is 15.8. The average Bonchev–Trinajstić information content (AvgIpc) is 3.26. The van der Waals surface area contributed by atoms with Crippen molar-refractivity contribution >= 4 is 34.3 Å². The summed E-state index contributed by atoms with van der Waals surface area (Å²) in [7, 11) is 0. The Kier molecular flexibility index (Phi) is 4.63. The number of para-hydroxylation sites is 1. The number of ether oxygens (including phenoxy) is 1. The van der Waals surface area contributed by atoms with Gasteiger partial charge in [0.2, 0.25) is 5.95 Å². The first-order valence-electron chi connectivity index (χ1n) is 9.32. The van der Waals surface area contributed by atoms with E-state index in [0.717, 1.165) is 28.4 Å². The molecule has 2 aromatic carbocycles. The molecule has 0 saturated heterocycles. The van der Waals surface area contributed by atoms with Crippen LogP contribution in [0.1, 0.15) is 0 Å². The SMILES string of the molecule is c1ccc(Oc2ccc(Nc3nc(Nc4ccncc4)nc4nc[nH]c34)cc2)cc1. The quantitative estimate of drug-likeness (QED) is 0.371. The first-order chi connectivity index (χ1) is 14.8. The van der Waals surface area contributed by atoms with Gasteiger partial charge in [0.05, 0.1) is 6.33 Å². The molecule has 0 radical (unpaired) electrons. The maximum atomic E-state index is 5.84. The highest BCUT2D eigenvalue weighted by Gasteiger charge is 2.11. The topological polar surface area (TPSA) is 101 Å². The monoisotopic (exact) mass is 395 g/mol. The summed E-state index contributed by atoms with van der Waals surface area (Å²) in [6.45, 7) is 0. The van der Waals surface area contributed by atoms with Gasteiger partial charge < -0.3 is 20.4 Å². The molecule has 5 aromatic rings. The minimum Gasteiger partial charge on any atom is -0.457 e. The second-order valence-corrected chi connectivity index (χ2v) is 6.42. The molecular formula is C22H17N7O. The number of aromatic amines is 1. The van der Waals surface area contributed by atoms with Crippen LogP contribution in [0, 0.1) is 0 Å². The average molecular weight is 395 g/mol. The number of benzene rings is 2. The third-order valence-corrected chi connectivity index (χ3v) is 4.32. The molecule has 5 rings (SSSR count). The first-order valence-corrected chi connectivity index (χ1v) is 9.32. The van der Waals surface area contributed by atoms with Crippen LogP contribution in [0.3, 0.4) is 0 Å². The number of pyridine rings is 1. The van der Waals surface area contributed by atoms with Gasteiger partial charge in [-0.2, -0.15) is 9.97 Å². The molecule has 0 amide bonds. The number of rotatable bonds is 6. The van der Waals surface area contributed by atoms with E-state index < -0.39 is 0 Å². The molecule has 30 heavy (non-hydrogen) atoms. The summed E-state index contributed by atoms with van der Waals surface area (Å²) < 4.78 is 5.84. The summed E-state index contributed by atoms with van der Waals surface area (Å²) in [5.74, 6) is 2.60. The molecule has 0 aliphatic carbocycles. The summed E-state index contributed by atoms with van der Waals surface area (Å²) in [6, 6.07) is 21.0. The maximum absolute atomic E-state index is 5.84. The van der Waals surface area contributed by atoms with E-state index >= 15 is 0 Å². The Bertz CT molecular complexity index is 1260. The van der Waals surface area contributed by atoms with Crippen molar-refractivity contribution in [2.75, 3.05) is 10.6 Å². The van der Waals surface area contributed by atoms with Gasteiger partial charge in [0.25, 0.3) is 0 Å². The van der Waals surface area contributed by atoms with Crippen LogP contribution in [0.4, 0.5) is 23.1 Å². The van der Waals surface area contributed by atoms with Crippen molar-refractivity contribution in [3.05, 3.63) is 85.5 Å². The molecular weight excluding hydrogens is 378 g/mol. The molecule has 3 N–H and O–H groups in total. The lowest BCUT2D eigenvalue weighted by molar-refractivity contribution is 0.483. The second kappa shape index (κ2) is 7.88. The lowest BCUT2D eigenvalue weighted by Gasteiger charge is -2.10. The van der Waals surface area contributed by atoms with E-state index in [1.807, 2.05) is 66.7 Å². The number of H-pyrrole nitrogens is 1. The van der Waals surface area contributed by atoms with Crippen molar-refractivity contribution in [2.24, 2.45) is 0 Å². The minimum atomic E-state index is 0.437. The number of hydrogen-bond donors (Lipinski definition) is 3. The standard InChI is InChI=1S/C22H17N7O/c1-2-4-17(5-3-1)30-18-8-6-15(7-9-18)26-21-19-20(25-14-24-19)28-22(29-21)27-16-10-12-23-13-11-16/h1-14H,(H3,23,24,25,26,27,28,29). The molecule has 8 nitrogen and oxygen atoms in total. The predicted octanol–water partition coefficient (Wildman–Crippen LogP) is 5.03. The van der Waals surface area contributed by atoms with Gasteiger partial charge in [-0.3, -0.25) is 4.98 Å². The smallest absolute Gasteiger partial charge is 0.231 e. The Hall–Kier alpha value is -4.46. The summed E-state index contributed by atoms with van der Waals surface area (Å²) >= 11 is 0. The number of nitrogens with zero attached hydrogens (tertiary/aromatic N) is 4.